The molecule has 3 aromatic carbocycles. The van der Waals surface area contributed by atoms with Crippen molar-refractivity contribution in [1.29, 1.82) is 0 Å². The molecule has 7 nitrogen and oxygen atoms in total. The van der Waals surface area contributed by atoms with Crippen LogP contribution in [-0.4, -0.2) is 43.1 Å². The van der Waals surface area contributed by atoms with Crippen LogP contribution in [-0.2, 0) is 16.2 Å². The summed E-state index contributed by atoms with van der Waals surface area (Å²) in [7, 11) is 0. The Morgan fingerprint density at radius 2 is 1.92 bits per heavy atom. The number of aliphatic imine (C=N–C) groups is 1. The van der Waals surface area contributed by atoms with E-state index in [-0.39, 0.29) is 24.8 Å². The first-order valence-electron chi connectivity index (χ1n) is 12.5. The highest BCUT2D eigenvalue weighted by Gasteiger charge is 2.18. The van der Waals surface area contributed by atoms with E-state index in [1.807, 2.05) is 30.5 Å². The zero-order valence-electron chi connectivity index (χ0n) is 21.1. The van der Waals surface area contributed by atoms with Crippen molar-refractivity contribution in [2.24, 2.45) is 4.99 Å². The van der Waals surface area contributed by atoms with Crippen LogP contribution in [0.5, 0.6) is 0 Å². The van der Waals surface area contributed by atoms with Gasteiger partial charge >= 0.3 is 0 Å². The van der Waals surface area contributed by atoms with Gasteiger partial charge in [-0.3, -0.25) is 15.0 Å². The second-order valence-corrected chi connectivity index (χ2v) is 9.35. The summed E-state index contributed by atoms with van der Waals surface area (Å²) in [5.41, 5.74) is 6.63. The van der Waals surface area contributed by atoms with E-state index in [1.54, 1.807) is 12.1 Å². The van der Waals surface area contributed by atoms with Crippen molar-refractivity contribution in [3.63, 3.8) is 0 Å². The number of amides is 1. The van der Waals surface area contributed by atoms with Crippen molar-refractivity contribution < 1.29 is 19.3 Å². The first-order valence-corrected chi connectivity index (χ1v) is 12.5. The van der Waals surface area contributed by atoms with Crippen molar-refractivity contribution >= 4 is 23.5 Å². The molecule has 0 spiro atoms. The fourth-order valence-electron chi connectivity index (χ4n) is 4.36. The maximum atomic E-state index is 14.8. The lowest BCUT2D eigenvalue weighted by molar-refractivity contribution is -0.272. The molecule has 1 amide bonds. The van der Waals surface area contributed by atoms with Gasteiger partial charge in [0.15, 0.2) is 0 Å². The predicted molar refractivity (Wildman–Crippen MR) is 145 cm³/mol. The Bertz CT molecular complexity index is 1250. The first-order chi connectivity index (χ1) is 17.9. The molecule has 0 radical (unpaired) electrons. The fraction of sp³-hybridized carbons (Fsp3) is 0.310. The van der Waals surface area contributed by atoms with Gasteiger partial charge in [0.1, 0.15) is 11.9 Å². The van der Waals surface area contributed by atoms with E-state index in [0.29, 0.717) is 17.2 Å². The van der Waals surface area contributed by atoms with E-state index in [2.05, 4.69) is 51.0 Å². The van der Waals surface area contributed by atoms with Gasteiger partial charge in [0, 0.05) is 49.9 Å². The molecule has 1 unspecified atom stereocenters. The molecule has 0 saturated heterocycles. The highest BCUT2D eigenvalue weighted by molar-refractivity contribution is 5.80. The lowest BCUT2D eigenvalue weighted by Gasteiger charge is -2.16. The third kappa shape index (κ3) is 7.22. The van der Waals surface area contributed by atoms with Crippen molar-refractivity contribution in [2.75, 3.05) is 25.0 Å². The quantitative estimate of drug-likeness (QED) is 0.155. The van der Waals surface area contributed by atoms with E-state index in [4.69, 9.17) is 5.26 Å². The number of rotatable bonds is 12. The summed E-state index contributed by atoms with van der Waals surface area (Å²) in [4.78, 5) is 19.9. The maximum absolute atomic E-state index is 14.8. The smallest absolute Gasteiger partial charge is 0.216 e. The number of hydrogen-bond donors (Lipinski definition) is 4. The Morgan fingerprint density at radius 3 is 2.65 bits per heavy atom. The lowest BCUT2D eigenvalue weighted by atomic mass is 9.96. The summed E-state index contributed by atoms with van der Waals surface area (Å²) in [6.07, 6.45) is 2.38. The zero-order chi connectivity index (χ0) is 26.2. The number of benzene rings is 3. The Morgan fingerprint density at radius 1 is 1.11 bits per heavy atom. The van der Waals surface area contributed by atoms with Gasteiger partial charge in [0.25, 0.3) is 0 Å². The number of carbonyl (C=O) groups is 1. The average Bonchev–Trinajstić information content (AvgIpc) is 3.29. The van der Waals surface area contributed by atoms with Gasteiger partial charge in [0.05, 0.1) is 5.69 Å². The van der Waals surface area contributed by atoms with E-state index in [0.717, 1.165) is 36.3 Å². The molecule has 4 rings (SSSR count). The monoisotopic (exact) mass is 504 g/mol. The topological polar surface area (TPSA) is 95.0 Å². The molecular weight excluding hydrogens is 471 g/mol. The largest absolute Gasteiger partial charge is 0.382 e. The molecule has 0 aromatic heterocycles. The summed E-state index contributed by atoms with van der Waals surface area (Å²) in [5, 5.41) is 18.1. The molecule has 4 N–H and O–H groups in total. The maximum Gasteiger partial charge on any atom is 0.216 e. The summed E-state index contributed by atoms with van der Waals surface area (Å²) >= 11 is 0. The molecule has 1 heterocycles. The third-order valence-corrected chi connectivity index (χ3v) is 6.43. The Balaban J connectivity index is 1.25. The minimum Gasteiger partial charge on any atom is -0.382 e. The Labute approximate surface area is 216 Å². The van der Waals surface area contributed by atoms with Crippen LogP contribution in [0.25, 0.3) is 11.1 Å². The van der Waals surface area contributed by atoms with Gasteiger partial charge in [-0.15, -0.1) is 0 Å². The van der Waals surface area contributed by atoms with Crippen LogP contribution in [0.15, 0.2) is 65.7 Å². The summed E-state index contributed by atoms with van der Waals surface area (Å²) in [5.74, 6) is -0.225. The second-order valence-electron chi connectivity index (χ2n) is 9.35. The Hall–Kier alpha value is -3.59. The normalized spacial score (nSPS) is 14.9. The highest BCUT2D eigenvalue weighted by atomic mass is 19.1. The number of aryl methyl sites for hydroxylation is 1. The second kappa shape index (κ2) is 12.6. The number of nitrogens with zero attached hydrogens (tertiary/aromatic N) is 1. The highest BCUT2D eigenvalue weighted by Crippen LogP contribution is 2.34. The third-order valence-electron chi connectivity index (χ3n) is 6.43. The lowest BCUT2D eigenvalue weighted by Crippen LogP contribution is -2.36. The number of hydrogen-bond acceptors (Lipinski definition) is 6. The molecule has 194 valence electrons. The van der Waals surface area contributed by atoms with Crippen molar-refractivity contribution in [2.45, 2.75) is 38.8 Å². The molecule has 2 atom stereocenters. The molecule has 1 aliphatic heterocycles. The van der Waals surface area contributed by atoms with E-state index < -0.39 is 6.10 Å². The number of nitrogens with one attached hydrogen (secondary N) is 3. The molecule has 3 aromatic rings. The van der Waals surface area contributed by atoms with Crippen molar-refractivity contribution in [3.05, 3.63) is 83.2 Å². The summed E-state index contributed by atoms with van der Waals surface area (Å²) in [6, 6.07) is 19.2. The SMILES string of the molecule is CC(=O)NC[C@@H](CNc1ccc(-c2ccc(CNCCC3C=Nc4ccc(C)cc43)cc2)c(F)c1)OO. The van der Waals surface area contributed by atoms with E-state index in [9.17, 15) is 9.18 Å². The van der Waals surface area contributed by atoms with Crippen LogP contribution in [0.1, 0.15) is 36.0 Å². The molecule has 8 heteroatoms. The molecule has 0 fully saturated rings. The molecular formula is C29H33FN4O3. The Kier molecular flexibility index (Phi) is 9.00. The molecule has 0 bridgehead atoms. The summed E-state index contributed by atoms with van der Waals surface area (Å²) in [6.45, 7) is 5.45. The minimum atomic E-state index is -0.654. The van der Waals surface area contributed by atoms with E-state index in [1.165, 1.54) is 24.1 Å². The molecule has 0 saturated carbocycles. The van der Waals surface area contributed by atoms with Crippen LogP contribution in [0.3, 0.4) is 0 Å². The number of carbonyl (C=O) groups excluding carboxylic acids is 1. The van der Waals surface area contributed by atoms with Crippen LogP contribution in [0, 0.1) is 12.7 Å². The number of fused-ring (bicyclic) bond motifs is 1. The van der Waals surface area contributed by atoms with Crippen molar-refractivity contribution in [3.8, 4) is 11.1 Å². The number of halogens is 1. The standard InChI is InChI=1S/C29H33FN4O3/c1-19-3-10-29-27(13-19)23(16-34-29)11-12-31-15-21-4-6-22(7-5-21)26-9-8-24(14-28(26)30)33-18-25(37-36)17-32-20(2)35/h3-10,13-14,16,23,25,31,33,36H,11-12,15,17-18H2,1-2H3,(H,32,35)/t23?,25-/m0/s1. The van der Waals surface area contributed by atoms with Crippen LogP contribution in [0.2, 0.25) is 0 Å². The fourth-order valence-corrected chi connectivity index (χ4v) is 4.36. The van der Waals surface area contributed by atoms with Gasteiger partial charge < -0.3 is 16.0 Å². The van der Waals surface area contributed by atoms with Gasteiger partial charge in [-0.2, -0.15) is 0 Å². The van der Waals surface area contributed by atoms with Crippen LogP contribution < -0.4 is 16.0 Å². The molecule has 0 aliphatic carbocycles. The van der Waals surface area contributed by atoms with Gasteiger partial charge in [-0.1, -0.05) is 42.0 Å². The zero-order valence-corrected chi connectivity index (χ0v) is 21.1. The number of anilines is 1. The average molecular weight is 505 g/mol. The predicted octanol–water partition coefficient (Wildman–Crippen LogP) is 5.19. The first kappa shape index (κ1) is 26.5. The van der Waals surface area contributed by atoms with Gasteiger partial charge in [0.2, 0.25) is 5.91 Å². The summed E-state index contributed by atoms with van der Waals surface area (Å²) < 4.78 is 14.8. The molecule has 37 heavy (non-hydrogen) atoms. The van der Waals surface area contributed by atoms with Crippen LogP contribution >= 0.6 is 0 Å². The van der Waals surface area contributed by atoms with Crippen LogP contribution in [0.4, 0.5) is 15.8 Å². The van der Waals surface area contributed by atoms with Crippen molar-refractivity contribution in [1.82, 2.24) is 10.6 Å². The minimum absolute atomic E-state index is 0.142. The van der Waals surface area contributed by atoms with Gasteiger partial charge in [-0.25, -0.2) is 9.28 Å². The molecule has 1 aliphatic rings. The van der Waals surface area contributed by atoms with Gasteiger partial charge in [-0.05, 0) is 60.8 Å². The van der Waals surface area contributed by atoms with E-state index >= 15 is 0 Å².